The highest BCUT2D eigenvalue weighted by molar-refractivity contribution is 8.54. The van der Waals surface area contributed by atoms with Crippen LogP contribution in [0.4, 0.5) is 0 Å². The standard InChI is InChI=1S/C8H18NO4PS/c1-8(2)13-14(10,11)15-7-9-3-5-12-6-4-9/h8H,3-7H2,1-2H3,(H,10,11). The highest BCUT2D eigenvalue weighted by Crippen LogP contribution is 2.56. The third-order valence-electron chi connectivity index (χ3n) is 1.85. The van der Waals surface area contributed by atoms with Crippen LogP contribution in [-0.4, -0.2) is 48.1 Å². The van der Waals surface area contributed by atoms with Gasteiger partial charge in [0.2, 0.25) is 0 Å². The lowest BCUT2D eigenvalue weighted by atomic mass is 10.5. The summed E-state index contributed by atoms with van der Waals surface area (Å²) in [6.07, 6.45) is -0.224. The average Bonchev–Trinajstić information content (AvgIpc) is 2.15. The lowest BCUT2D eigenvalue weighted by Gasteiger charge is -2.26. The van der Waals surface area contributed by atoms with Crippen LogP contribution in [-0.2, 0) is 13.8 Å². The summed E-state index contributed by atoms with van der Waals surface area (Å²) in [6, 6.07) is 0. The van der Waals surface area contributed by atoms with Gasteiger partial charge >= 0.3 is 6.80 Å². The maximum Gasteiger partial charge on any atom is 0.388 e. The van der Waals surface area contributed by atoms with Crippen molar-refractivity contribution in [1.82, 2.24) is 4.90 Å². The predicted molar refractivity (Wildman–Crippen MR) is 60.9 cm³/mol. The van der Waals surface area contributed by atoms with Gasteiger partial charge in [-0.2, -0.15) is 0 Å². The molecule has 0 radical (unpaired) electrons. The minimum Gasteiger partial charge on any atom is -0.379 e. The van der Waals surface area contributed by atoms with Crippen molar-refractivity contribution < 1.29 is 18.7 Å². The minimum absolute atomic E-state index is 0.224. The molecule has 1 aliphatic heterocycles. The molecule has 0 spiro atoms. The van der Waals surface area contributed by atoms with E-state index in [0.717, 1.165) is 24.5 Å². The lowest BCUT2D eigenvalue weighted by Crippen LogP contribution is -2.35. The van der Waals surface area contributed by atoms with Crippen LogP contribution in [0.1, 0.15) is 13.8 Å². The van der Waals surface area contributed by atoms with E-state index in [1.165, 1.54) is 0 Å². The van der Waals surface area contributed by atoms with Crippen molar-refractivity contribution in [3.8, 4) is 0 Å². The first kappa shape index (κ1) is 13.5. The van der Waals surface area contributed by atoms with E-state index in [4.69, 9.17) is 9.26 Å². The van der Waals surface area contributed by atoms with Gasteiger partial charge in [0.05, 0.1) is 25.2 Å². The van der Waals surface area contributed by atoms with Gasteiger partial charge in [0.1, 0.15) is 0 Å². The summed E-state index contributed by atoms with van der Waals surface area (Å²) >= 11 is 0.973. The molecule has 0 aliphatic carbocycles. The summed E-state index contributed by atoms with van der Waals surface area (Å²) < 4.78 is 21.6. The van der Waals surface area contributed by atoms with Gasteiger partial charge in [0.15, 0.2) is 0 Å². The summed E-state index contributed by atoms with van der Waals surface area (Å²) in [7, 11) is 0. The first-order chi connectivity index (χ1) is 6.99. The lowest BCUT2D eigenvalue weighted by molar-refractivity contribution is 0.0474. The van der Waals surface area contributed by atoms with Crippen molar-refractivity contribution in [3.63, 3.8) is 0 Å². The molecule has 1 heterocycles. The monoisotopic (exact) mass is 255 g/mol. The van der Waals surface area contributed by atoms with Crippen molar-refractivity contribution in [2.75, 3.05) is 32.2 Å². The second-order valence-corrected chi connectivity index (χ2v) is 7.43. The molecule has 0 aromatic carbocycles. The number of hydrogen-bond acceptors (Lipinski definition) is 5. The molecule has 1 unspecified atom stereocenters. The minimum atomic E-state index is -3.48. The highest BCUT2D eigenvalue weighted by Gasteiger charge is 2.23. The van der Waals surface area contributed by atoms with Crippen molar-refractivity contribution in [1.29, 1.82) is 0 Å². The fourth-order valence-corrected chi connectivity index (χ4v) is 3.97. The van der Waals surface area contributed by atoms with Crippen LogP contribution in [0, 0.1) is 0 Å². The maximum absolute atomic E-state index is 11.5. The molecule has 7 heteroatoms. The third kappa shape index (κ3) is 5.90. The number of rotatable bonds is 5. The van der Waals surface area contributed by atoms with Crippen molar-refractivity contribution >= 4 is 18.2 Å². The van der Waals surface area contributed by atoms with Gasteiger partial charge in [0.25, 0.3) is 0 Å². The Morgan fingerprint density at radius 3 is 2.67 bits per heavy atom. The molecule has 0 aromatic rings. The number of nitrogens with zero attached hydrogens (tertiary/aromatic N) is 1. The van der Waals surface area contributed by atoms with Gasteiger partial charge in [-0.3, -0.25) is 9.42 Å². The van der Waals surface area contributed by atoms with Gasteiger partial charge in [-0.05, 0) is 25.2 Å². The van der Waals surface area contributed by atoms with E-state index in [0.29, 0.717) is 19.1 Å². The van der Waals surface area contributed by atoms with E-state index in [1.54, 1.807) is 13.8 Å². The Morgan fingerprint density at radius 1 is 1.53 bits per heavy atom. The van der Waals surface area contributed by atoms with Crippen molar-refractivity contribution in [2.24, 2.45) is 0 Å². The number of ether oxygens (including phenoxy) is 1. The molecule has 15 heavy (non-hydrogen) atoms. The summed E-state index contributed by atoms with van der Waals surface area (Å²) in [4.78, 5) is 11.5. The largest absolute Gasteiger partial charge is 0.388 e. The molecule has 90 valence electrons. The van der Waals surface area contributed by atoms with Crippen LogP contribution in [0.25, 0.3) is 0 Å². The normalized spacial score (nSPS) is 22.9. The Morgan fingerprint density at radius 2 is 2.13 bits per heavy atom. The summed E-state index contributed by atoms with van der Waals surface area (Å²) in [5.41, 5.74) is 0. The molecule has 0 bridgehead atoms. The van der Waals surface area contributed by atoms with Crippen LogP contribution in [0.5, 0.6) is 0 Å². The Hall–Kier alpha value is 0.420. The Labute approximate surface area is 94.4 Å². The van der Waals surface area contributed by atoms with E-state index in [-0.39, 0.29) is 6.10 Å². The molecule has 1 N–H and O–H groups in total. The van der Waals surface area contributed by atoms with Crippen LogP contribution in [0.3, 0.4) is 0 Å². The molecule has 0 amide bonds. The molecular weight excluding hydrogens is 237 g/mol. The molecule has 0 aromatic heterocycles. The van der Waals surface area contributed by atoms with Crippen LogP contribution < -0.4 is 0 Å². The quantitative estimate of drug-likeness (QED) is 0.752. The van der Waals surface area contributed by atoms with Gasteiger partial charge < -0.3 is 9.63 Å². The third-order valence-corrected chi connectivity index (χ3v) is 4.93. The van der Waals surface area contributed by atoms with Crippen LogP contribution in [0.15, 0.2) is 0 Å². The number of morpholine rings is 1. The second kappa shape index (κ2) is 6.23. The molecular formula is C8H18NO4PS. The van der Waals surface area contributed by atoms with E-state index >= 15 is 0 Å². The molecule has 1 rings (SSSR count). The Bertz CT molecular complexity index is 233. The highest BCUT2D eigenvalue weighted by atomic mass is 32.7. The average molecular weight is 255 g/mol. The summed E-state index contributed by atoms with van der Waals surface area (Å²) in [6.45, 7) is 3.04. The molecule has 1 atom stereocenters. The Balaban J connectivity index is 2.25. The first-order valence-electron chi connectivity index (χ1n) is 4.95. The van der Waals surface area contributed by atoms with E-state index in [9.17, 15) is 9.46 Å². The van der Waals surface area contributed by atoms with Crippen molar-refractivity contribution in [2.45, 2.75) is 20.0 Å². The van der Waals surface area contributed by atoms with E-state index in [2.05, 4.69) is 4.90 Å². The van der Waals surface area contributed by atoms with Gasteiger partial charge in [-0.1, -0.05) is 0 Å². The fourth-order valence-electron chi connectivity index (χ4n) is 1.18. The Kier molecular flexibility index (Phi) is 5.60. The maximum atomic E-state index is 11.5. The summed E-state index contributed by atoms with van der Waals surface area (Å²) in [5, 5.41) is 0. The SMILES string of the molecule is CC(C)OP(=O)(O)SCN1CCOCC1. The topological polar surface area (TPSA) is 59.0 Å². The zero-order valence-electron chi connectivity index (χ0n) is 9.09. The van der Waals surface area contributed by atoms with Gasteiger partial charge in [-0.15, -0.1) is 0 Å². The van der Waals surface area contributed by atoms with Crippen LogP contribution in [0.2, 0.25) is 0 Å². The van der Waals surface area contributed by atoms with Gasteiger partial charge in [0, 0.05) is 13.1 Å². The smallest absolute Gasteiger partial charge is 0.379 e. The zero-order valence-corrected chi connectivity index (χ0v) is 10.8. The van der Waals surface area contributed by atoms with E-state index in [1.807, 2.05) is 0 Å². The molecule has 1 saturated heterocycles. The van der Waals surface area contributed by atoms with Crippen LogP contribution >= 0.6 is 18.2 Å². The summed E-state index contributed by atoms with van der Waals surface area (Å²) in [5.74, 6) is 0.518. The fraction of sp³-hybridized carbons (Fsp3) is 1.00. The first-order valence-corrected chi connectivity index (χ1v) is 8.12. The molecule has 0 saturated carbocycles. The number of hydrogen-bond donors (Lipinski definition) is 1. The van der Waals surface area contributed by atoms with Crippen molar-refractivity contribution in [3.05, 3.63) is 0 Å². The van der Waals surface area contributed by atoms with E-state index < -0.39 is 6.80 Å². The molecule has 1 aliphatic rings. The second-order valence-electron chi connectivity index (χ2n) is 3.61. The predicted octanol–water partition coefficient (Wildman–Crippen LogP) is 1.53. The molecule has 5 nitrogen and oxygen atoms in total. The molecule has 1 fully saturated rings. The zero-order chi connectivity index (χ0) is 11.3. The van der Waals surface area contributed by atoms with Gasteiger partial charge in [-0.25, -0.2) is 4.57 Å².